The Labute approximate surface area is 66.9 Å². The van der Waals surface area contributed by atoms with Crippen LogP contribution in [0.25, 0.3) is 0 Å². The summed E-state index contributed by atoms with van der Waals surface area (Å²) < 4.78 is 10.0. The van der Waals surface area contributed by atoms with Gasteiger partial charge in [-0.2, -0.15) is 5.26 Å². The average molecular weight is 158 g/mol. The van der Waals surface area contributed by atoms with Crippen molar-refractivity contribution in [1.82, 2.24) is 0 Å². The number of ether oxygens (including phenoxy) is 2. The molecule has 0 saturated carbocycles. The van der Waals surface area contributed by atoms with Gasteiger partial charge in [-0.05, 0) is 6.92 Å². The highest BCUT2D eigenvalue weighted by molar-refractivity contribution is 4.85. The highest BCUT2D eigenvalue weighted by Gasteiger charge is 1.97. The van der Waals surface area contributed by atoms with Crippen molar-refractivity contribution < 1.29 is 9.47 Å². The Kier molecular flexibility index (Phi) is 7.05. The zero-order chi connectivity index (χ0) is 8.53. The van der Waals surface area contributed by atoms with Crippen LogP contribution in [-0.4, -0.2) is 32.5 Å². The molecule has 4 nitrogen and oxygen atoms in total. The predicted molar refractivity (Wildman–Crippen MR) is 40.9 cm³/mol. The first-order valence-electron chi connectivity index (χ1n) is 3.62. The van der Waals surface area contributed by atoms with Crippen molar-refractivity contribution in [2.24, 2.45) is 5.73 Å². The van der Waals surface area contributed by atoms with Crippen LogP contribution in [0.4, 0.5) is 0 Å². The molecule has 0 bridgehead atoms. The number of rotatable bonds is 6. The van der Waals surface area contributed by atoms with E-state index < -0.39 is 6.04 Å². The van der Waals surface area contributed by atoms with Gasteiger partial charge in [0, 0.05) is 6.61 Å². The van der Waals surface area contributed by atoms with Crippen LogP contribution in [0.15, 0.2) is 0 Å². The van der Waals surface area contributed by atoms with Crippen molar-refractivity contribution >= 4 is 0 Å². The molecular formula is C7H14N2O2. The van der Waals surface area contributed by atoms with Crippen molar-refractivity contribution in [1.29, 1.82) is 5.26 Å². The van der Waals surface area contributed by atoms with Gasteiger partial charge in [-0.1, -0.05) is 0 Å². The van der Waals surface area contributed by atoms with Crippen LogP contribution in [0.2, 0.25) is 0 Å². The second-order valence-electron chi connectivity index (χ2n) is 2.01. The van der Waals surface area contributed by atoms with Crippen LogP contribution in [-0.2, 0) is 9.47 Å². The predicted octanol–water partition coefficient (Wildman–Crippen LogP) is -0.110. The molecule has 64 valence electrons. The normalized spacial score (nSPS) is 12.5. The lowest BCUT2D eigenvalue weighted by atomic mass is 10.4. The van der Waals surface area contributed by atoms with Gasteiger partial charge in [-0.15, -0.1) is 0 Å². The molecule has 0 aromatic rings. The van der Waals surface area contributed by atoms with E-state index in [0.29, 0.717) is 19.8 Å². The first-order valence-corrected chi connectivity index (χ1v) is 3.62. The molecule has 0 aliphatic heterocycles. The van der Waals surface area contributed by atoms with E-state index in [9.17, 15) is 0 Å². The molecule has 0 fully saturated rings. The average Bonchev–Trinajstić information content (AvgIpc) is 2.04. The third-order valence-electron chi connectivity index (χ3n) is 1.04. The van der Waals surface area contributed by atoms with E-state index in [0.717, 1.165) is 0 Å². The summed E-state index contributed by atoms with van der Waals surface area (Å²) >= 11 is 0. The molecule has 11 heavy (non-hydrogen) atoms. The fourth-order valence-electron chi connectivity index (χ4n) is 0.510. The number of hydrogen-bond acceptors (Lipinski definition) is 4. The number of hydrogen-bond donors (Lipinski definition) is 1. The Morgan fingerprint density at radius 3 is 2.64 bits per heavy atom. The molecule has 0 spiro atoms. The van der Waals surface area contributed by atoms with Gasteiger partial charge in [-0.25, -0.2) is 0 Å². The van der Waals surface area contributed by atoms with E-state index in [1.54, 1.807) is 0 Å². The summed E-state index contributed by atoms with van der Waals surface area (Å²) in [4.78, 5) is 0. The van der Waals surface area contributed by atoms with Gasteiger partial charge in [-0.3, -0.25) is 0 Å². The van der Waals surface area contributed by atoms with Crippen molar-refractivity contribution in [3.63, 3.8) is 0 Å². The molecule has 0 aliphatic rings. The molecule has 0 amide bonds. The monoisotopic (exact) mass is 158 g/mol. The highest BCUT2D eigenvalue weighted by Crippen LogP contribution is 1.80. The minimum atomic E-state index is -0.517. The Bertz CT molecular complexity index is 122. The molecule has 0 heterocycles. The van der Waals surface area contributed by atoms with E-state index in [1.807, 2.05) is 13.0 Å². The van der Waals surface area contributed by atoms with Crippen LogP contribution in [0.5, 0.6) is 0 Å². The van der Waals surface area contributed by atoms with E-state index in [1.165, 1.54) is 0 Å². The maximum Gasteiger partial charge on any atom is 0.116 e. The molecule has 0 radical (unpaired) electrons. The van der Waals surface area contributed by atoms with Crippen molar-refractivity contribution in [3.8, 4) is 6.07 Å². The van der Waals surface area contributed by atoms with E-state index in [-0.39, 0.29) is 6.61 Å². The van der Waals surface area contributed by atoms with Crippen LogP contribution in [0.1, 0.15) is 6.92 Å². The van der Waals surface area contributed by atoms with Crippen LogP contribution < -0.4 is 5.73 Å². The SMILES string of the molecule is CCOCCOCC(N)C#N. The van der Waals surface area contributed by atoms with Crippen molar-refractivity contribution in [2.75, 3.05) is 26.4 Å². The lowest BCUT2D eigenvalue weighted by molar-refractivity contribution is 0.0516. The topological polar surface area (TPSA) is 68.3 Å². The molecule has 0 aromatic heterocycles. The Morgan fingerprint density at radius 2 is 2.09 bits per heavy atom. The molecule has 2 N–H and O–H groups in total. The summed E-state index contributed by atoms with van der Waals surface area (Å²) in [6, 6.07) is 1.35. The van der Waals surface area contributed by atoms with Gasteiger partial charge in [0.15, 0.2) is 0 Å². The summed E-state index contributed by atoms with van der Waals surface area (Å²) in [5.41, 5.74) is 5.26. The second kappa shape index (κ2) is 7.48. The number of nitrogens with two attached hydrogens (primary N) is 1. The Morgan fingerprint density at radius 1 is 1.45 bits per heavy atom. The first kappa shape index (κ1) is 10.4. The highest BCUT2D eigenvalue weighted by atomic mass is 16.5. The Hall–Kier alpha value is -0.630. The summed E-state index contributed by atoms with van der Waals surface area (Å²) in [7, 11) is 0. The lowest BCUT2D eigenvalue weighted by Gasteiger charge is -2.04. The third kappa shape index (κ3) is 7.26. The molecule has 4 heteroatoms. The first-order chi connectivity index (χ1) is 5.31. The van der Waals surface area contributed by atoms with Crippen LogP contribution in [0, 0.1) is 11.3 Å². The summed E-state index contributed by atoms with van der Waals surface area (Å²) in [5.74, 6) is 0. The van der Waals surface area contributed by atoms with Crippen molar-refractivity contribution in [2.45, 2.75) is 13.0 Å². The Balaban J connectivity index is 2.97. The smallest absolute Gasteiger partial charge is 0.116 e. The van der Waals surface area contributed by atoms with E-state index in [4.69, 9.17) is 20.5 Å². The maximum atomic E-state index is 8.25. The molecule has 0 aromatic carbocycles. The van der Waals surface area contributed by atoms with Crippen LogP contribution in [0.3, 0.4) is 0 Å². The zero-order valence-electron chi connectivity index (χ0n) is 6.75. The number of nitriles is 1. The second-order valence-corrected chi connectivity index (χ2v) is 2.01. The van der Waals surface area contributed by atoms with E-state index in [2.05, 4.69) is 0 Å². The molecular weight excluding hydrogens is 144 g/mol. The quantitative estimate of drug-likeness (QED) is 0.548. The fraction of sp³-hybridized carbons (Fsp3) is 0.857. The van der Waals surface area contributed by atoms with Crippen molar-refractivity contribution in [3.05, 3.63) is 0 Å². The van der Waals surface area contributed by atoms with Gasteiger partial charge in [0.05, 0.1) is 25.9 Å². The lowest BCUT2D eigenvalue weighted by Crippen LogP contribution is -2.24. The molecule has 0 aliphatic carbocycles. The fourth-order valence-corrected chi connectivity index (χ4v) is 0.510. The molecule has 1 atom stereocenters. The standard InChI is InChI=1S/C7H14N2O2/c1-2-10-3-4-11-6-7(9)5-8/h7H,2-4,6,9H2,1H3. The summed E-state index contributed by atoms with van der Waals surface area (Å²) in [6.07, 6.45) is 0. The molecule has 0 rings (SSSR count). The molecule has 0 saturated heterocycles. The van der Waals surface area contributed by atoms with Gasteiger partial charge in [0.1, 0.15) is 6.04 Å². The largest absolute Gasteiger partial charge is 0.379 e. The van der Waals surface area contributed by atoms with Gasteiger partial charge in [0.2, 0.25) is 0 Å². The minimum absolute atomic E-state index is 0.281. The summed E-state index contributed by atoms with van der Waals surface area (Å²) in [6.45, 7) is 3.95. The maximum absolute atomic E-state index is 8.25. The van der Waals surface area contributed by atoms with Gasteiger partial charge in [0.25, 0.3) is 0 Å². The zero-order valence-corrected chi connectivity index (χ0v) is 6.75. The van der Waals surface area contributed by atoms with Crippen LogP contribution >= 0.6 is 0 Å². The van der Waals surface area contributed by atoms with Gasteiger partial charge >= 0.3 is 0 Å². The molecule has 1 unspecified atom stereocenters. The third-order valence-corrected chi connectivity index (χ3v) is 1.04. The summed E-state index contributed by atoms with van der Waals surface area (Å²) in [5, 5.41) is 8.25. The van der Waals surface area contributed by atoms with E-state index >= 15 is 0 Å². The minimum Gasteiger partial charge on any atom is -0.379 e. The number of nitrogens with zero attached hydrogens (tertiary/aromatic N) is 1. The van der Waals surface area contributed by atoms with Gasteiger partial charge < -0.3 is 15.2 Å².